The second-order valence-electron chi connectivity index (χ2n) is 7.99. The van der Waals surface area contributed by atoms with E-state index in [1.54, 1.807) is 11.8 Å². The van der Waals surface area contributed by atoms with Crippen LogP contribution in [0.4, 0.5) is 0 Å². The maximum atomic E-state index is 13.1. The minimum atomic E-state index is 0.131. The van der Waals surface area contributed by atoms with Crippen LogP contribution in [0.25, 0.3) is 0 Å². The Labute approximate surface area is 177 Å². The maximum Gasteiger partial charge on any atom is 0.168 e. The minimum absolute atomic E-state index is 0.131. The molecule has 0 saturated carbocycles. The summed E-state index contributed by atoms with van der Waals surface area (Å²) in [5, 5.41) is 0. The van der Waals surface area contributed by atoms with Crippen molar-refractivity contribution in [2.75, 3.05) is 32.4 Å². The summed E-state index contributed by atoms with van der Waals surface area (Å²) in [6.07, 6.45) is 6.88. The van der Waals surface area contributed by atoms with Crippen LogP contribution in [0.3, 0.4) is 0 Å². The third kappa shape index (κ3) is 4.88. The van der Waals surface area contributed by atoms with Crippen LogP contribution in [-0.4, -0.2) is 48.0 Å². The van der Waals surface area contributed by atoms with E-state index in [-0.39, 0.29) is 5.92 Å². The zero-order valence-electron chi connectivity index (χ0n) is 16.7. The number of hydrogen-bond donors (Lipinski definition) is 0. The van der Waals surface area contributed by atoms with Crippen LogP contribution in [0.1, 0.15) is 45.8 Å². The molecule has 2 fully saturated rings. The van der Waals surface area contributed by atoms with Gasteiger partial charge in [-0.2, -0.15) is 0 Å². The second kappa shape index (κ2) is 9.57. The molecule has 150 valence electrons. The van der Waals surface area contributed by atoms with Crippen LogP contribution in [0.15, 0.2) is 41.3 Å². The first-order valence-corrected chi connectivity index (χ1v) is 12.5. The summed E-state index contributed by atoms with van der Waals surface area (Å²) in [6, 6.07) is 12.7. The zero-order chi connectivity index (χ0) is 19.3. The monoisotopic (exact) mass is 414 g/mol. The predicted octanol–water partition coefficient (Wildman–Crippen LogP) is 5.16. The number of thioether (sulfide) groups is 1. The van der Waals surface area contributed by atoms with Gasteiger partial charge in [-0.15, -0.1) is 23.1 Å². The molecule has 4 rings (SSSR count). The summed E-state index contributed by atoms with van der Waals surface area (Å²) in [7, 11) is 0. The van der Waals surface area contributed by atoms with E-state index >= 15 is 0 Å². The van der Waals surface area contributed by atoms with Crippen LogP contribution in [0.2, 0.25) is 0 Å². The van der Waals surface area contributed by atoms with E-state index in [0.717, 1.165) is 49.5 Å². The molecule has 1 atom stereocenters. The van der Waals surface area contributed by atoms with Crippen molar-refractivity contribution in [1.29, 1.82) is 0 Å². The molecule has 0 radical (unpaired) electrons. The molecular formula is C23H30N2OS2. The average Bonchev–Trinajstić information content (AvgIpc) is 3.40. The molecule has 1 aromatic carbocycles. The summed E-state index contributed by atoms with van der Waals surface area (Å²) in [4.78, 5) is 22.2. The van der Waals surface area contributed by atoms with Crippen molar-refractivity contribution in [3.05, 3.63) is 51.7 Å². The van der Waals surface area contributed by atoms with E-state index in [2.05, 4.69) is 34.3 Å². The van der Waals surface area contributed by atoms with Crippen molar-refractivity contribution >= 4 is 28.9 Å². The van der Waals surface area contributed by atoms with Crippen LogP contribution in [0, 0.1) is 5.92 Å². The third-order valence-corrected chi connectivity index (χ3v) is 7.77. The van der Waals surface area contributed by atoms with Gasteiger partial charge in [0.2, 0.25) is 0 Å². The van der Waals surface area contributed by atoms with Gasteiger partial charge in [-0.25, -0.2) is 0 Å². The van der Waals surface area contributed by atoms with Crippen molar-refractivity contribution in [3.8, 4) is 0 Å². The van der Waals surface area contributed by atoms with E-state index in [9.17, 15) is 4.79 Å². The Bertz CT molecular complexity index is 797. The van der Waals surface area contributed by atoms with Gasteiger partial charge in [-0.05, 0) is 69.8 Å². The first-order chi connectivity index (χ1) is 13.7. The smallest absolute Gasteiger partial charge is 0.168 e. The molecule has 0 bridgehead atoms. The Morgan fingerprint density at radius 2 is 1.68 bits per heavy atom. The molecular weight excluding hydrogens is 384 g/mol. The Balaban J connectivity index is 1.36. The molecule has 1 unspecified atom stereocenters. The standard InChI is InChI=1S/C23H30N2OS2/c1-27-22-9-3-2-8-21(22)23(26)18-7-6-14-25(15-18)17-20-11-10-19(28-20)16-24-12-4-5-13-24/h2-3,8-11,18H,4-7,12-17H2,1H3. The molecule has 3 heterocycles. The van der Waals surface area contributed by atoms with E-state index < -0.39 is 0 Å². The van der Waals surface area contributed by atoms with Gasteiger partial charge in [0.25, 0.3) is 0 Å². The van der Waals surface area contributed by atoms with Gasteiger partial charge in [0.1, 0.15) is 0 Å². The number of carbonyl (C=O) groups is 1. The average molecular weight is 415 g/mol. The van der Waals surface area contributed by atoms with Crippen molar-refractivity contribution in [1.82, 2.24) is 9.80 Å². The van der Waals surface area contributed by atoms with Gasteiger partial charge < -0.3 is 0 Å². The molecule has 2 aliphatic heterocycles. The second-order valence-corrected chi connectivity index (χ2v) is 10.1. The van der Waals surface area contributed by atoms with E-state index in [1.807, 2.05) is 29.5 Å². The fraction of sp³-hybridized carbons (Fsp3) is 0.522. The highest BCUT2D eigenvalue weighted by atomic mass is 32.2. The van der Waals surface area contributed by atoms with Gasteiger partial charge in [0.15, 0.2) is 5.78 Å². The quantitative estimate of drug-likeness (QED) is 0.461. The Morgan fingerprint density at radius 1 is 1.00 bits per heavy atom. The van der Waals surface area contributed by atoms with Gasteiger partial charge in [-0.3, -0.25) is 14.6 Å². The van der Waals surface area contributed by atoms with Crippen LogP contribution in [-0.2, 0) is 13.1 Å². The maximum absolute atomic E-state index is 13.1. The number of ketones is 1. The Kier molecular flexibility index (Phi) is 6.89. The number of rotatable bonds is 7. The first kappa shape index (κ1) is 20.1. The zero-order valence-corrected chi connectivity index (χ0v) is 18.4. The number of Topliss-reactive ketones (excluding diaryl/α,β-unsaturated/α-hetero) is 1. The van der Waals surface area contributed by atoms with Crippen LogP contribution < -0.4 is 0 Å². The Hall–Kier alpha value is -1.14. The molecule has 1 aromatic heterocycles. The minimum Gasteiger partial charge on any atom is -0.298 e. The van der Waals surface area contributed by atoms with Crippen molar-refractivity contribution < 1.29 is 4.79 Å². The first-order valence-electron chi connectivity index (χ1n) is 10.4. The van der Waals surface area contributed by atoms with Crippen molar-refractivity contribution in [2.24, 2.45) is 5.92 Å². The molecule has 2 aromatic rings. The van der Waals surface area contributed by atoms with Crippen LogP contribution in [0.5, 0.6) is 0 Å². The molecule has 5 heteroatoms. The highest BCUT2D eigenvalue weighted by Crippen LogP contribution is 2.28. The number of hydrogen-bond acceptors (Lipinski definition) is 5. The molecule has 0 N–H and O–H groups in total. The lowest BCUT2D eigenvalue weighted by Gasteiger charge is -2.32. The lowest BCUT2D eigenvalue weighted by Crippen LogP contribution is -2.38. The van der Waals surface area contributed by atoms with E-state index in [4.69, 9.17) is 0 Å². The van der Waals surface area contributed by atoms with Crippen LogP contribution >= 0.6 is 23.1 Å². The SMILES string of the molecule is CSc1ccccc1C(=O)C1CCCN(Cc2ccc(CN3CCCC3)s2)C1. The summed E-state index contributed by atoms with van der Waals surface area (Å²) in [6.45, 7) is 6.59. The Morgan fingerprint density at radius 3 is 2.43 bits per heavy atom. The fourth-order valence-corrected chi connectivity index (χ4v) is 6.16. The molecule has 28 heavy (non-hydrogen) atoms. The molecule has 0 aliphatic carbocycles. The van der Waals surface area contributed by atoms with Gasteiger partial charge in [0, 0.05) is 45.8 Å². The van der Waals surface area contributed by atoms with Gasteiger partial charge in [-0.1, -0.05) is 18.2 Å². The normalized spacial score (nSPS) is 21.2. The number of carbonyl (C=O) groups excluding carboxylic acids is 1. The number of nitrogens with zero attached hydrogens (tertiary/aromatic N) is 2. The number of benzene rings is 1. The van der Waals surface area contributed by atoms with E-state index in [0.29, 0.717) is 5.78 Å². The number of likely N-dealkylation sites (tertiary alicyclic amines) is 2. The summed E-state index contributed by atoms with van der Waals surface area (Å²) in [5.74, 6) is 0.460. The van der Waals surface area contributed by atoms with E-state index in [1.165, 1.54) is 35.7 Å². The molecule has 0 amide bonds. The lowest BCUT2D eigenvalue weighted by atomic mass is 9.90. The molecule has 2 saturated heterocycles. The third-order valence-electron chi connectivity index (χ3n) is 5.92. The molecule has 3 nitrogen and oxygen atoms in total. The summed E-state index contributed by atoms with van der Waals surface area (Å²) < 4.78 is 0. The molecule has 0 spiro atoms. The molecule has 2 aliphatic rings. The lowest BCUT2D eigenvalue weighted by molar-refractivity contribution is 0.0809. The summed E-state index contributed by atoms with van der Waals surface area (Å²) >= 11 is 3.62. The highest BCUT2D eigenvalue weighted by molar-refractivity contribution is 7.98. The van der Waals surface area contributed by atoms with Crippen molar-refractivity contribution in [2.45, 2.75) is 43.7 Å². The highest BCUT2D eigenvalue weighted by Gasteiger charge is 2.28. The van der Waals surface area contributed by atoms with Gasteiger partial charge in [0.05, 0.1) is 0 Å². The largest absolute Gasteiger partial charge is 0.298 e. The predicted molar refractivity (Wildman–Crippen MR) is 119 cm³/mol. The fourth-order valence-electron chi connectivity index (χ4n) is 4.46. The number of thiophene rings is 1. The topological polar surface area (TPSA) is 23.6 Å². The van der Waals surface area contributed by atoms with Crippen molar-refractivity contribution in [3.63, 3.8) is 0 Å². The van der Waals surface area contributed by atoms with Gasteiger partial charge >= 0.3 is 0 Å². The number of piperidine rings is 1. The summed E-state index contributed by atoms with van der Waals surface area (Å²) in [5.41, 5.74) is 0.908.